The quantitative estimate of drug-likeness (QED) is 0.898. The molecule has 2 nitrogen and oxygen atoms in total. The van der Waals surface area contributed by atoms with Crippen molar-refractivity contribution in [1.29, 1.82) is 0 Å². The third-order valence-electron chi connectivity index (χ3n) is 4.08. The maximum atomic E-state index is 13.3. The number of rotatable bonds is 4. The molecule has 1 aliphatic rings. The molecular weight excluding hydrogens is 241 g/mol. The second-order valence-electron chi connectivity index (χ2n) is 5.70. The van der Waals surface area contributed by atoms with Crippen LogP contribution in [-0.4, -0.2) is 12.1 Å². The highest BCUT2D eigenvalue weighted by Gasteiger charge is 2.29. The van der Waals surface area contributed by atoms with Gasteiger partial charge in [-0.3, -0.25) is 0 Å². The van der Waals surface area contributed by atoms with Crippen molar-refractivity contribution in [3.8, 4) is 5.75 Å². The summed E-state index contributed by atoms with van der Waals surface area (Å²) >= 11 is 0. The number of hydrogen-bond donors (Lipinski definition) is 1. The van der Waals surface area contributed by atoms with Crippen LogP contribution in [0.2, 0.25) is 0 Å². The van der Waals surface area contributed by atoms with E-state index in [1.54, 1.807) is 6.07 Å². The van der Waals surface area contributed by atoms with Gasteiger partial charge in [-0.15, -0.1) is 0 Å². The van der Waals surface area contributed by atoms with Crippen LogP contribution in [0, 0.1) is 18.7 Å². The van der Waals surface area contributed by atoms with Gasteiger partial charge in [0.05, 0.1) is 0 Å². The molecule has 3 unspecified atom stereocenters. The molecule has 0 aromatic heterocycles. The van der Waals surface area contributed by atoms with Gasteiger partial charge >= 0.3 is 0 Å². The molecule has 1 aromatic rings. The predicted molar refractivity (Wildman–Crippen MR) is 75.8 cm³/mol. The van der Waals surface area contributed by atoms with E-state index in [4.69, 9.17) is 10.5 Å². The van der Waals surface area contributed by atoms with Gasteiger partial charge in [0.2, 0.25) is 0 Å². The zero-order chi connectivity index (χ0) is 13.8. The molecule has 0 aliphatic heterocycles. The van der Waals surface area contributed by atoms with Crippen molar-refractivity contribution in [1.82, 2.24) is 0 Å². The Morgan fingerprint density at radius 3 is 2.89 bits per heavy atom. The van der Waals surface area contributed by atoms with Gasteiger partial charge in [0.25, 0.3) is 0 Å². The molecule has 1 saturated carbocycles. The van der Waals surface area contributed by atoms with Gasteiger partial charge in [-0.25, -0.2) is 4.39 Å². The van der Waals surface area contributed by atoms with E-state index in [9.17, 15) is 4.39 Å². The number of halogens is 1. The SMILES string of the molecule is CCCC1CCC(N)C(Oc2cc(F)ccc2C)C1. The minimum absolute atomic E-state index is 0.0193. The largest absolute Gasteiger partial charge is 0.488 e. The molecule has 2 N–H and O–H groups in total. The van der Waals surface area contributed by atoms with Crippen LogP contribution in [0.3, 0.4) is 0 Å². The Bertz CT molecular complexity index is 421. The average Bonchev–Trinajstić information content (AvgIpc) is 2.38. The summed E-state index contributed by atoms with van der Waals surface area (Å²) in [5, 5.41) is 0. The van der Waals surface area contributed by atoms with E-state index in [1.807, 2.05) is 6.92 Å². The molecule has 1 aromatic carbocycles. The summed E-state index contributed by atoms with van der Waals surface area (Å²) in [6, 6.07) is 4.74. The summed E-state index contributed by atoms with van der Waals surface area (Å²) in [4.78, 5) is 0. The monoisotopic (exact) mass is 265 g/mol. The zero-order valence-corrected chi connectivity index (χ0v) is 11.9. The lowest BCUT2D eigenvalue weighted by molar-refractivity contribution is 0.0983. The van der Waals surface area contributed by atoms with Gasteiger partial charge in [0.1, 0.15) is 17.7 Å². The molecule has 19 heavy (non-hydrogen) atoms. The molecule has 3 heteroatoms. The van der Waals surface area contributed by atoms with Crippen LogP contribution in [0.25, 0.3) is 0 Å². The number of ether oxygens (including phenoxy) is 1. The number of aryl methyl sites for hydroxylation is 1. The first-order valence-electron chi connectivity index (χ1n) is 7.28. The fourth-order valence-corrected chi connectivity index (χ4v) is 2.91. The Balaban J connectivity index is 2.05. The molecule has 0 heterocycles. The van der Waals surface area contributed by atoms with Crippen molar-refractivity contribution in [2.75, 3.05) is 0 Å². The highest BCUT2D eigenvalue weighted by atomic mass is 19.1. The standard InChI is InChI=1S/C16H24FNO/c1-3-4-12-6-8-14(18)16(9-12)19-15-10-13(17)7-5-11(15)2/h5,7,10,12,14,16H,3-4,6,8-9,18H2,1-2H3. The Morgan fingerprint density at radius 1 is 1.37 bits per heavy atom. The van der Waals surface area contributed by atoms with Crippen LogP contribution in [-0.2, 0) is 0 Å². The first-order valence-corrected chi connectivity index (χ1v) is 7.28. The molecule has 0 spiro atoms. The third kappa shape index (κ3) is 3.69. The number of hydrogen-bond acceptors (Lipinski definition) is 2. The maximum Gasteiger partial charge on any atom is 0.126 e. The second kappa shape index (κ2) is 6.38. The molecule has 0 amide bonds. The summed E-state index contributed by atoms with van der Waals surface area (Å²) in [5.74, 6) is 1.08. The summed E-state index contributed by atoms with van der Waals surface area (Å²) in [5.41, 5.74) is 7.12. The van der Waals surface area contributed by atoms with Crippen molar-refractivity contribution in [2.24, 2.45) is 11.7 Å². The van der Waals surface area contributed by atoms with Crippen LogP contribution in [0.1, 0.15) is 44.6 Å². The van der Waals surface area contributed by atoms with Crippen molar-refractivity contribution >= 4 is 0 Å². The zero-order valence-electron chi connectivity index (χ0n) is 11.9. The van der Waals surface area contributed by atoms with Crippen molar-refractivity contribution in [3.05, 3.63) is 29.6 Å². The van der Waals surface area contributed by atoms with E-state index >= 15 is 0 Å². The minimum Gasteiger partial charge on any atom is -0.488 e. The van der Waals surface area contributed by atoms with Gasteiger partial charge in [-0.2, -0.15) is 0 Å². The predicted octanol–water partition coefficient (Wildman–Crippen LogP) is 3.81. The number of benzene rings is 1. The smallest absolute Gasteiger partial charge is 0.126 e. The van der Waals surface area contributed by atoms with Gasteiger partial charge < -0.3 is 10.5 Å². The fourth-order valence-electron chi connectivity index (χ4n) is 2.91. The molecule has 0 radical (unpaired) electrons. The van der Waals surface area contributed by atoms with Gasteiger partial charge in [0.15, 0.2) is 0 Å². The Labute approximate surface area is 115 Å². The molecule has 3 atom stereocenters. The molecule has 2 rings (SSSR count). The molecular formula is C16H24FNO. The van der Waals surface area contributed by atoms with Crippen molar-refractivity contribution in [3.63, 3.8) is 0 Å². The normalized spacial score (nSPS) is 27.3. The average molecular weight is 265 g/mol. The molecule has 0 saturated heterocycles. The summed E-state index contributed by atoms with van der Waals surface area (Å²) < 4.78 is 19.3. The molecule has 0 bridgehead atoms. The lowest BCUT2D eigenvalue weighted by Crippen LogP contribution is -2.44. The summed E-state index contributed by atoms with van der Waals surface area (Å²) in [7, 11) is 0. The molecule has 1 aliphatic carbocycles. The second-order valence-corrected chi connectivity index (χ2v) is 5.70. The summed E-state index contributed by atoms with van der Waals surface area (Å²) in [6.07, 6.45) is 5.64. The van der Waals surface area contributed by atoms with Crippen LogP contribution >= 0.6 is 0 Å². The topological polar surface area (TPSA) is 35.2 Å². The van der Waals surface area contributed by atoms with Gasteiger partial charge in [-0.1, -0.05) is 25.8 Å². The Morgan fingerprint density at radius 2 is 2.16 bits per heavy atom. The van der Waals surface area contributed by atoms with Crippen LogP contribution in [0.5, 0.6) is 5.75 Å². The lowest BCUT2D eigenvalue weighted by atomic mass is 9.82. The minimum atomic E-state index is -0.255. The van der Waals surface area contributed by atoms with E-state index < -0.39 is 0 Å². The van der Waals surface area contributed by atoms with Crippen LogP contribution < -0.4 is 10.5 Å². The number of nitrogens with two attached hydrogens (primary N) is 1. The summed E-state index contributed by atoms with van der Waals surface area (Å²) in [6.45, 7) is 4.15. The highest BCUT2D eigenvalue weighted by molar-refractivity contribution is 5.33. The Kier molecular flexibility index (Phi) is 4.81. The molecule has 106 valence electrons. The van der Waals surface area contributed by atoms with Crippen LogP contribution in [0.4, 0.5) is 4.39 Å². The van der Waals surface area contributed by atoms with Crippen LogP contribution in [0.15, 0.2) is 18.2 Å². The van der Waals surface area contributed by atoms with E-state index in [1.165, 1.54) is 31.4 Å². The van der Waals surface area contributed by atoms with Gasteiger partial charge in [-0.05, 0) is 43.7 Å². The fraction of sp³-hybridized carbons (Fsp3) is 0.625. The van der Waals surface area contributed by atoms with E-state index in [0.717, 1.165) is 18.4 Å². The first kappa shape index (κ1) is 14.3. The highest BCUT2D eigenvalue weighted by Crippen LogP contribution is 2.31. The van der Waals surface area contributed by atoms with E-state index in [2.05, 4.69) is 6.92 Å². The van der Waals surface area contributed by atoms with Gasteiger partial charge in [0, 0.05) is 12.1 Å². The first-order chi connectivity index (χ1) is 9.10. The van der Waals surface area contributed by atoms with E-state index in [-0.39, 0.29) is 18.0 Å². The maximum absolute atomic E-state index is 13.3. The third-order valence-corrected chi connectivity index (χ3v) is 4.08. The molecule has 1 fully saturated rings. The Hall–Kier alpha value is -1.09. The lowest BCUT2D eigenvalue weighted by Gasteiger charge is -2.34. The van der Waals surface area contributed by atoms with E-state index in [0.29, 0.717) is 11.7 Å². The van der Waals surface area contributed by atoms with Crippen molar-refractivity contribution in [2.45, 2.75) is 58.1 Å². The van der Waals surface area contributed by atoms with Crippen molar-refractivity contribution < 1.29 is 9.13 Å².